The first-order valence-electron chi connectivity index (χ1n) is 5.85. The molecule has 14 heavy (non-hydrogen) atoms. The Labute approximate surface area is 89.0 Å². The summed E-state index contributed by atoms with van der Waals surface area (Å²) in [6.07, 6.45) is 3.82. The van der Waals surface area contributed by atoms with E-state index in [1.54, 1.807) is 0 Å². The molecule has 0 spiro atoms. The Morgan fingerprint density at radius 1 is 1.57 bits per heavy atom. The summed E-state index contributed by atoms with van der Waals surface area (Å²) in [6, 6.07) is 0.715. The SMILES string of the molecule is C=C(C)CCC(NCC)C1CC1(C)C. The number of hydrogen-bond acceptors (Lipinski definition) is 1. The van der Waals surface area contributed by atoms with Crippen LogP contribution in [0.4, 0.5) is 0 Å². The van der Waals surface area contributed by atoms with E-state index in [2.05, 4.69) is 39.6 Å². The van der Waals surface area contributed by atoms with E-state index < -0.39 is 0 Å². The second-order valence-corrected chi connectivity index (χ2v) is 5.46. The summed E-state index contributed by atoms with van der Waals surface area (Å²) in [5.74, 6) is 0.891. The maximum absolute atomic E-state index is 3.98. The van der Waals surface area contributed by atoms with E-state index in [1.807, 2.05) is 0 Å². The van der Waals surface area contributed by atoms with Gasteiger partial charge in [-0.05, 0) is 44.1 Å². The van der Waals surface area contributed by atoms with Crippen molar-refractivity contribution < 1.29 is 0 Å². The molecule has 1 fully saturated rings. The molecule has 1 rings (SSSR count). The molecule has 2 unspecified atom stereocenters. The molecular formula is C13H25N. The highest BCUT2D eigenvalue weighted by Crippen LogP contribution is 2.54. The Morgan fingerprint density at radius 3 is 2.50 bits per heavy atom. The molecule has 0 amide bonds. The van der Waals surface area contributed by atoms with Gasteiger partial charge in [-0.2, -0.15) is 0 Å². The van der Waals surface area contributed by atoms with Crippen molar-refractivity contribution in [3.8, 4) is 0 Å². The van der Waals surface area contributed by atoms with Crippen molar-refractivity contribution >= 4 is 0 Å². The van der Waals surface area contributed by atoms with Gasteiger partial charge in [-0.3, -0.25) is 0 Å². The van der Waals surface area contributed by atoms with Gasteiger partial charge >= 0.3 is 0 Å². The molecule has 0 aromatic rings. The molecular weight excluding hydrogens is 170 g/mol. The normalized spacial score (nSPS) is 25.9. The third-order valence-corrected chi connectivity index (χ3v) is 3.42. The fraction of sp³-hybridized carbons (Fsp3) is 0.846. The van der Waals surface area contributed by atoms with Crippen LogP contribution in [-0.2, 0) is 0 Å². The van der Waals surface area contributed by atoms with Crippen molar-refractivity contribution in [3.05, 3.63) is 12.2 Å². The fourth-order valence-electron chi connectivity index (χ4n) is 2.30. The van der Waals surface area contributed by atoms with Crippen LogP contribution in [0.5, 0.6) is 0 Å². The van der Waals surface area contributed by atoms with Crippen LogP contribution in [0.15, 0.2) is 12.2 Å². The van der Waals surface area contributed by atoms with E-state index in [9.17, 15) is 0 Å². The summed E-state index contributed by atoms with van der Waals surface area (Å²) < 4.78 is 0. The van der Waals surface area contributed by atoms with Gasteiger partial charge in [0.2, 0.25) is 0 Å². The summed E-state index contributed by atoms with van der Waals surface area (Å²) in [4.78, 5) is 0. The van der Waals surface area contributed by atoms with Crippen LogP contribution in [0.3, 0.4) is 0 Å². The third kappa shape index (κ3) is 3.13. The standard InChI is InChI=1S/C13H25N/c1-6-14-12(8-7-10(2)3)11-9-13(11,4)5/h11-12,14H,2,6-9H2,1,3-5H3. The minimum absolute atomic E-state index is 0.585. The Kier molecular flexibility index (Phi) is 3.77. The van der Waals surface area contributed by atoms with E-state index in [0.29, 0.717) is 11.5 Å². The average Bonchev–Trinajstić information content (AvgIpc) is 2.68. The lowest BCUT2D eigenvalue weighted by atomic mass is 9.98. The van der Waals surface area contributed by atoms with Crippen molar-refractivity contribution in [1.29, 1.82) is 0 Å². The second kappa shape index (κ2) is 4.48. The van der Waals surface area contributed by atoms with Gasteiger partial charge in [0, 0.05) is 6.04 Å². The van der Waals surface area contributed by atoms with Crippen LogP contribution in [0.25, 0.3) is 0 Å². The van der Waals surface area contributed by atoms with Gasteiger partial charge in [-0.15, -0.1) is 6.58 Å². The van der Waals surface area contributed by atoms with Gasteiger partial charge in [0.15, 0.2) is 0 Å². The first-order valence-corrected chi connectivity index (χ1v) is 5.85. The topological polar surface area (TPSA) is 12.0 Å². The largest absolute Gasteiger partial charge is 0.314 e. The summed E-state index contributed by atoms with van der Waals surface area (Å²) in [5, 5.41) is 3.61. The fourth-order valence-corrected chi connectivity index (χ4v) is 2.30. The van der Waals surface area contributed by atoms with Gasteiger partial charge in [-0.1, -0.05) is 26.3 Å². The molecule has 1 N–H and O–H groups in total. The van der Waals surface area contributed by atoms with Crippen LogP contribution >= 0.6 is 0 Å². The van der Waals surface area contributed by atoms with Gasteiger partial charge in [0.25, 0.3) is 0 Å². The summed E-state index contributed by atoms with van der Waals surface area (Å²) in [5.41, 5.74) is 1.90. The molecule has 0 radical (unpaired) electrons. The van der Waals surface area contributed by atoms with E-state index in [0.717, 1.165) is 12.5 Å². The number of nitrogens with one attached hydrogen (secondary N) is 1. The van der Waals surface area contributed by atoms with Crippen molar-refractivity contribution in [3.63, 3.8) is 0 Å². The van der Waals surface area contributed by atoms with Crippen LogP contribution in [-0.4, -0.2) is 12.6 Å². The molecule has 1 nitrogen and oxygen atoms in total. The minimum Gasteiger partial charge on any atom is -0.314 e. The molecule has 0 aliphatic heterocycles. The van der Waals surface area contributed by atoms with E-state index in [4.69, 9.17) is 0 Å². The van der Waals surface area contributed by atoms with Crippen LogP contribution in [0.2, 0.25) is 0 Å². The van der Waals surface area contributed by atoms with E-state index in [1.165, 1.54) is 24.8 Å². The zero-order valence-corrected chi connectivity index (χ0v) is 10.2. The van der Waals surface area contributed by atoms with Gasteiger partial charge in [0.05, 0.1) is 0 Å². The molecule has 1 saturated carbocycles. The quantitative estimate of drug-likeness (QED) is 0.641. The molecule has 1 aliphatic rings. The van der Waals surface area contributed by atoms with Crippen LogP contribution < -0.4 is 5.32 Å². The Hall–Kier alpha value is -0.300. The molecule has 0 aromatic heterocycles. The maximum atomic E-state index is 3.98. The molecule has 0 bridgehead atoms. The van der Waals surface area contributed by atoms with Gasteiger partial charge in [0.1, 0.15) is 0 Å². The van der Waals surface area contributed by atoms with Gasteiger partial charge < -0.3 is 5.32 Å². The highest BCUT2D eigenvalue weighted by Gasteiger charge is 2.49. The number of hydrogen-bond donors (Lipinski definition) is 1. The van der Waals surface area contributed by atoms with Crippen molar-refractivity contribution in [2.45, 2.75) is 53.0 Å². The first-order chi connectivity index (χ1) is 6.47. The van der Waals surface area contributed by atoms with E-state index in [-0.39, 0.29) is 0 Å². The predicted octanol–water partition coefficient (Wildman–Crippen LogP) is 3.37. The first kappa shape index (κ1) is 11.8. The maximum Gasteiger partial charge on any atom is 0.0104 e. The Morgan fingerprint density at radius 2 is 2.14 bits per heavy atom. The third-order valence-electron chi connectivity index (χ3n) is 3.42. The van der Waals surface area contributed by atoms with Gasteiger partial charge in [-0.25, -0.2) is 0 Å². The molecule has 2 atom stereocenters. The monoisotopic (exact) mass is 195 g/mol. The number of rotatable bonds is 6. The number of allylic oxidation sites excluding steroid dienone is 1. The highest BCUT2D eigenvalue weighted by molar-refractivity contribution is 5.03. The van der Waals surface area contributed by atoms with E-state index >= 15 is 0 Å². The van der Waals surface area contributed by atoms with Crippen molar-refractivity contribution in [1.82, 2.24) is 5.32 Å². The molecule has 1 aliphatic carbocycles. The van der Waals surface area contributed by atoms with Crippen molar-refractivity contribution in [2.75, 3.05) is 6.54 Å². The lowest BCUT2D eigenvalue weighted by Gasteiger charge is -2.19. The second-order valence-electron chi connectivity index (χ2n) is 5.46. The lowest BCUT2D eigenvalue weighted by Crippen LogP contribution is -2.32. The summed E-state index contributed by atoms with van der Waals surface area (Å²) in [7, 11) is 0. The van der Waals surface area contributed by atoms with Crippen molar-refractivity contribution in [2.24, 2.45) is 11.3 Å². The summed E-state index contributed by atoms with van der Waals surface area (Å²) >= 11 is 0. The van der Waals surface area contributed by atoms with Crippen LogP contribution in [0.1, 0.15) is 47.0 Å². The molecule has 1 heteroatoms. The lowest BCUT2D eigenvalue weighted by molar-refractivity contribution is 0.391. The zero-order valence-electron chi connectivity index (χ0n) is 10.2. The Bertz CT molecular complexity index is 205. The minimum atomic E-state index is 0.585. The molecule has 0 saturated heterocycles. The summed E-state index contributed by atoms with van der Waals surface area (Å²) in [6.45, 7) is 14.1. The smallest absolute Gasteiger partial charge is 0.0104 e. The molecule has 0 aromatic carbocycles. The molecule has 0 heterocycles. The average molecular weight is 195 g/mol. The predicted molar refractivity (Wildman–Crippen MR) is 63.4 cm³/mol. The van der Waals surface area contributed by atoms with Crippen LogP contribution in [0, 0.1) is 11.3 Å². The molecule has 82 valence electrons. The zero-order chi connectivity index (χ0) is 10.8. The Balaban J connectivity index is 2.37. The highest BCUT2D eigenvalue weighted by atomic mass is 14.9.